The third kappa shape index (κ3) is 3.98. The molecule has 5 nitrogen and oxygen atoms in total. The van der Waals surface area contributed by atoms with Gasteiger partial charge in [0, 0.05) is 50.1 Å². The van der Waals surface area contributed by atoms with Gasteiger partial charge >= 0.3 is 0 Å². The van der Waals surface area contributed by atoms with Crippen molar-refractivity contribution in [1.82, 2.24) is 20.1 Å². The Morgan fingerprint density at radius 1 is 1.35 bits per heavy atom. The first-order chi connectivity index (χ1) is 11.1. The van der Waals surface area contributed by atoms with Crippen molar-refractivity contribution >= 4 is 0 Å². The van der Waals surface area contributed by atoms with E-state index in [4.69, 9.17) is 4.74 Å². The van der Waals surface area contributed by atoms with Crippen LogP contribution in [-0.2, 0) is 18.3 Å². The molecule has 2 aromatic rings. The summed E-state index contributed by atoms with van der Waals surface area (Å²) in [5.74, 6) is 0.486. The summed E-state index contributed by atoms with van der Waals surface area (Å²) in [5, 5.41) is 7.83. The smallest absolute Gasteiger partial charge is 0.0895 e. The molecule has 0 bridgehead atoms. The number of nitrogens with one attached hydrogen (secondary N) is 1. The van der Waals surface area contributed by atoms with Crippen LogP contribution in [0.3, 0.4) is 0 Å². The van der Waals surface area contributed by atoms with Crippen LogP contribution in [0, 0.1) is 19.8 Å². The second-order valence-corrected chi connectivity index (χ2v) is 6.48. The van der Waals surface area contributed by atoms with Gasteiger partial charge < -0.3 is 10.1 Å². The van der Waals surface area contributed by atoms with Crippen LogP contribution >= 0.6 is 0 Å². The van der Waals surface area contributed by atoms with Gasteiger partial charge in [0.15, 0.2) is 0 Å². The molecule has 1 saturated heterocycles. The van der Waals surface area contributed by atoms with Crippen molar-refractivity contribution in [2.24, 2.45) is 13.0 Å². The van der Waals surface area contributed by atoms with Gasteiger partial charge in [-0.1, -0.05) is 6.07 Å². The fourth-order valence-electron chi connectivity index (χ4n) is 3.17. The molecule has 2 atom stereocenters. The molecule has 0 unspecified atom stereocenters. The number of aryl methyl sites for hydroxylation is 3. The van der Waals surface area contributed by atoms with Gasteiger partial charge in [-0.3, -0.25) is 9.67 Å². The number of ether oxygens (including phenoxy) is 1. The lowest BCUT2D eigenvalue weighted by atomic mass is 9.91. The van der Waals surface area contributed by atoms with E-state index in [1.54, 1.807) is 0 Å². The first-order valence-corrected chi connectivity index (χ1v) is 8.37. The van der Waals surface area contributed by atoms with Gasteiger partial charge in [-0.05, 0) is 38.3 Å². The fourth-order valence-corrected chi connectivity index (χ4v) is 3.17. The lowest BCUT2D eigenvalue weighted by molar-refractivity contribution is -0.0279. The molecule has 1 aliphatic heterocycles. The maximum atomic E-state index is 6.02. The van der Waals surface area contributed by atoms with Crippen LogP contribution in [-0.4, -0.2) is 27.9 Å². The van der Waals surface area contributed by atoms with Crippen molar-refractivity contribution in [3.05, 3.63) is 47.0 Å². The normalized spacial score (nSPS) is 21.5. The summed E-state index contributed by atoms with van der Waals surface area (Å²) in [5.41, 5.74) is 4.63. The summed E-state index contributed by atoms with van der Waals surface area (Å²) in [6.45, 7) is 6.74. The minimum atomic E-state index is 0.151. The van der Waals surface area contributed by atoms with Crippen LogP contribution in [0.2, 0.25) is 0 Å². The second-order valence-electron chi connectivity index (χ2n) is 6.48. The molecule has 0 aliphatic carbocycles. The van der Waals surface area contributed by atoms with Gasteiger partial charge in [0.05, 0.1) is 18.0 Å². The summed E-state index contributed by atoms with van der Waals surface area (Å²) in [4.78, 5) is 4.63. The molecule has 124 valence electrons. The molecule has 2 aromatic heterocycles. The molecule has 0 radical (unpaired) electrons. The van der Waals surface area contributed by atoms with Gasteiger partial charge in [-0.25, -0.2) is 0 Å². The molecule has 0 amide bonds. The highest BCUT2D eigenvalue weighted by Crippen LogP contribution is 2.32. The second kappa shape index (κ2) is 7.23. The van der Waals surface area contributed by atoms with E-state index in [1.165, 1.54) is 17.5 Å². The Hall–Kier alpha value is -1.72. The molecular weight excluding hydrogens is 288 g/mol. The summed E-state index contributed by atoms with van der Waals surface area (Å²) >= 11 is 0. The average molecular weight is 314 g/mol. The highest BCUT2D eigenvalue weighted by molar-refractivity contribution is 5.20. The van der Waals surface area contributed by atoms with E-state index in [0.717, 1.165) is 37.5 Å². The van der Waals surface area contributed by atoms with E-state index in [1.807, 2.05) is 17.9 Å². The molecule has 5 heteroatoms. The lowest BCUT2D eigenvalue weighted by Crippen LogP contribution is -2.31. The molecular formula is C18H26N4O. The SMILES string of the molecule is Cc1ccc(CNC[C@@H]2CCCO[C@H]2c2cnn(C)c2)nc1C. The van der Waals surface area contributed by atoms with Crippen molar-refractivity contribution in [2.45, 2.75) is 39.3 Å². The molecule has 3 heterocycles. The van der Waals surface area contributed by atoms with Crippen LogP contribution in [0.25, 0.3) is 0 Å². The van der Waals surface area contributed by atoms with Gasteiger partial charge in [-0.15, -0.1) is 0 Å². The Morgan fingerprint density at radius 3 is 2.96 bits per heavy atom. The van der Waals surface area contributed by atoms with Crippen molar-refractivity contribution in [2.75, 3.05) is 13.2 Å². The highest BCUT2D eigenvalue weighted by Gasteiger charge is 2.28. The van der Waals surface area contributed by atoms with Crippen molar-refractivity contribution in [1.29, 1.82) is 0 Å². The zero-order valence-electron chi connectivity index (χ0n) is 14.2. The number of aromatic nitrogens is 3. The third-order valence-electron chi connectivity index (χ3n) is 4.62. The van der Waals surface area contributed by atoms with Crippen LogP contribution in [0.1, 0.15) is 41.5 Å². The Labute approximate surface area is 138 Å². The van der Waals surface area contributed by atoms with E-state index >= 15 is 0 Å². The number of nitrogens with zero attached hydrogens (tertiary/aromatic N) is 3. The van der Waals surface area contributed by atoms with Crippen LogP contribution < -0.4 is 5.32 Å². The lowest BCUT2D eigenvalue weighted by Gasteiger charge is -2.31. The summed E-state index contributed by atoms with van der Waals surface area (Å²) in [6, 6.07) is 4.24. The monoisotopic (exact) mass is 314 g/mol. The van der Waals surface area contributed by atoms with Crippen LogP contribution in [0.5, 0.6) is 0 Å². The fraction of sp³-hybridized carbons (Fsp3) is 0.556. The van der Waals surface area contributed by atoms with Crippen LogP contribution in [0.4, 0.5) is 0 Å². The predicted octanol–water partition coefficient (Wildman–Crippen LogP) is 2.69. The molecule has 3 rings (SSSR count). The Morgan fingerprint density at radius 2 is 2.22 bits per heavy atom. The van der Waals surface area contributed by atoms with E-state index in [2.05, 4.69) is 47.6 Å². The van der Waals surface area contributed by atoms with Crippen molar-refractivity contribution in [3.8, 4) is 0 Å². The average Bonchev–Trinajstić information content (AvgIpc) is 2.98. The van der Waals surface area contributed by atoms with Crippen molar-refractivity contribution < 1.29 is 4.74 Å². The van der Waals surface area contributed by atoms with Crippen molar-refractivity contribution in [3.63, 3.8) is 0 Å². The minimum absolute atomic E-state index is 0.151. The van der Waals surface area contributed by atoms with Gasteiger partial charge in [0.25, 0.3) is 0 Å². The van der Waals surface area contributed by atoms with E-state index in [0.29, 0.717) is 5.92 Å². The first-order valence-electron chi connectivity index (χ1n) is 8.37. The van der Waals surface area contributed by atoms with E-state index in [-0.39, 0.29) is 6.10 Å². The Balaban J connectivity index is 1.58. The maximum Gasteiger partial charge on any atom is 0.0895 e. The maximum absolute atomic E-state index is 6.02. The summed E-state index contributed by atoms with van der Waals surface area (Å²) in [7, 11) is 1.95. The molecule has 0 spiro atoms. The predicted molar refractivity (Wildman–Crippen MR) is 90.0 cm³/mol. The zero-order chi connectivity index (χ0) is 16.2. The molecule has 1 aliphatic rings. The van der Waals surface area contributed by atoms with Gasteiger partial charge in [0.1, 0.15) is 0 Å². The molecule has 0 saturated carbocycles. The molecule has 23 heavy (non-hydrogen) atoms. The molecule has 1 N–H and O–H groups in total. The quantitative estimate of drug-likeness (QED) is 0.922. The summed E-state index contributed by atoms with van der Waals surface area (Å²) < 4.78 is 7.86. The number of pyridine rings is 1. The number of rotatable bonds is 5. The summed E-state index contributed by atoms with van der Waals surface area (Å²) in [6.07, 6.45) is 6.46. The first kappa shape index (κ1) is 16.1. The minimum Gasteiger partial charge on any atom is -0.373 e. The van der Waals surface area contributed by atoms with Crippen LogP contribution in [0.15, 0.2) is 24.5 Å². The standard InChI is InChI=1S/C18H26N4O/c1-13-6-7-17(21-14(13)2)11-19-9-15-5-4-8-23-18(15)16-10-20-22(3)12-16/h6-7,10,12,15,18-19H,4-5,8-9,11H2,1-3H3/t15-,18+/m0/s1. The molecule has 1 fully saturated rings. The Kier molecular flexibility index (Phi) is 5.08. The Bertz CT molecular complexity index is 652. The third-order valence-corrected chi connectivity index (χ3v) is 4.62. The largest absolute Gasteiger partial charge is 0.373 e. The highest BCUT2D eigenvalue weighted by atomic mass is 16.5. The van der Waals surface area contributed by atoms with Gasteiger partial charge in [0.2, 0.25) is 0 Å². The van der Waals surface area contributed by atoms with Gasteiger partial charge in [-0.2, -0.15) is 5.10 Å². The molecule has 0 aromatic carbocycles. The van der Waals surface area contributed by atoms with E-state index in [9.17, 15) is 0 Å². The topological polar surface area (TPSA) is 52.0 Å². The number of hydrogen-bond acceptors (Lipinski definition) is 4. The zero-order valence-corrected chi connectivity index (χ0v) is 14.2. The number of hydrogen-bond donors (Lipinski definition) is 1. The van der Waals surface area contributed by atoms with E-state index < -0.39 is 0 Å².